The molecule has 0 radical (unpaired) electrons. The molecule has 2 aliphatic rings. The lowest BCUT2D eigenvalue weighted by molar-refractivity contribution is -0.144. The lowest BCUT2D eigenvalue weighted by Crippen LogP contribution is -2.57. The van der Waals surface area contributed by atoms with Gasteiger partial charge in [-0.15, -0.1) is 11.3 Å². The van der Waals surface area contributed by atoms with E-state index >= 15 is 0 Å². The summed E-state index contributed by atoms with van der Waals surface area (Å²) in [5, 5.41) is 6.10. The predicted octanol–water partition coefficient (Wildman–Crippen LogP) is 5.46. The van der Waals surface area contributed by atoms with Gasteiger partial charge in [-0.3, -0.25) is 14.4 Å². The number of amides is 4. The minimum Gasteiger partial charge on any atom is -0.444 e. The van der Waals surface area contributed by atoms with E-state index < -0.39 is 23.1 Å². The lowest BCUT2D eigenvalue weighted by Gasteiger charge is -2.36. The standard InChI is InChI=1S/C34H49N5O5S/c1-21(24-11-13-25(14-12-24)28-22(2)35-20-45-28)36-30(41)26-10-9-16-39(26)31(42)29(33(3,4)5)37-27(40)18-23-15-17-38(19-23)32(43)44-34(6,7)8/h11-14,20-21,23,26,29H,9-10,15-19H2,1-8H3,(H,36,41)(H,37,40)/t21-,23?,26-,29?/m0/s1. The van der Waals surface area contributed by atoms with Crippen molar-refractivity contribution in [3.8, 4) is 10.4 Å². The number of thiazole rings is 1. The van der Waals surface area contributed by atoms with E-state index in [1.165, 1.54) is 0 Å². The molecule has 2 unspecified atom stereocenters. The molecule has 11 heteroatoms. The zero-order chi connectivity index (χ0) is 33.1. The molecule has 2 aromatic rings. The number of nitrogens with one attached hydrogen (secondary N) is 2. The van der Waals surface area contributed by atoms with Gasteiger partial charge in [0.25, 0.3) is 0 Å². The molecule has 0 aliphatic carbocycles. The molecule has 3 heterocycles. The summed E-state index contributed by atoms with van der Waals surface area (Å²) < 4.78 is 5.48. The average Bonchev–Trinajstić information content (AvgIpc) is 3.71. The van der Waals surface area contributed by atoms with E-state index in [0.29, 0.717) is 38.9 Å². The van der Waals surface area contributed by atoms with Crippen molar-refractivity contribution < 1.29 is 23.9 Å². The third-order valence-corrected chi connectivity index (χ3v) is 9.42. The van der Waals surface area contributed by atoms with E-state index in [2.05, 4.69) is 15.6 Å². The van der Waals surface area contributed by atoms with Gasteiger partial charge in [0.05, 0.1) is 22.1 Å². The average molecular weight is 640 g/mol. The van der Waals surface area contributed by atoms with Crippen LogP contribution in [0, 0.1) is 18.3 Å². The second-order valence-corrected chi connectivity index (χ2v) is 15.3. The minimum atomic E-state index is -0.790. The first-order valence-electron chi connectivity index (χ1n) is 15.9. The third-order valence-electron chi connectivity index (χ3n) is 8.45. The largest absolute Gasteiger partial charge is 0.444 e. The molecule has 0 bridgehead atoms. The van der Waals surface area contributed by atoms with Gasteiger partial charge < -0.3 is 25.2 Å². The summed E-state index contributed by atoms with van der Waals surface area (Å²) in [5.74, 6) is -0.680. The fourth-order valence-electron chi connectivity index (χ4n) is 5.99. The highest BCUT2D eigenvalue weighted by Crippen LogP contribution is 2.30. The SMILES string of the molecule is Cc1ncsc1-c1ccc([C@H](C)NC(=O)[C@@H]2CCCN2C(=O)C(NC(=O)CC2CCN(C(=O)OC(C)(C)C)C2)C(C)(C)C)cc1. The van der Waals surface area contributed by atoms with Crippen molar-refractivity contribution in [1.29, 1.82) is 0 Å². The Morgan fingerprint density at radius 3 is 2.31 bits per heavy atom. The molecule has 0 spiro atoms. The summed E-state index contributed by atoms with van der Waals surface area (Å²) in [5.41, 5.74) is 3.74. The summed E-state index contributed by atoms with van der Waals surface area (Å²) in [4.78, 5) is 61.8. The topological polar surface area (TPSA) is 121 Å². The molecular formula is C34H49N5O5S. The van der Waals surface area contributed by atoms with Gasteiger partial charge in [0.15, 0.2) is 0 Å². The summed E-state index contributed by atoms with van der Waals surface area (Å²) in [6.07, 6.45) is 1.82. The van der Waals surface area contributed by atoms with Crippen LogP contribution in [0.3, 0.4) is 0 Å². The summed E-state index contributed by atoms with van der Waals surface area (Å²) in [6, 6.07) is 6.48. The van der Waals surface area contributed by atoms with Crippen LogP contribution in [-0.2, 0) is 19.1 Å². The maximum atomic E-state index is 13.9. The summed E-state index contributed by atoms with van der Waals surface area (Å²) in [6.45, 7) is 16.6. The highest BCUT2D eigenvalue weighted by molar-refractivity contribution is 7.13. The Balaban J connectivity index is 1.35. The number of benzene rings is 1. The molecule has 10 nitrogen and oxygen atoms in total. The number of ether oxygens (including phenoxy) is 1. The van der Waals surface area contributed by atoms with Crippen molar-refractivity contribution in [2.24, 2.45) is 11.3 Å². The third kappa shape index (κ3) is 8.83. The molecule has 2 saturated heterocycles. The van der Waals surface area contributed by atoms with Crippen molar-refractivity contribution in [2.75, 3.05) is 19.6 Å². The van der Waals surface area contributed by atoms with Crippen LogP contribution in [0.2, 0.25) is 0 Å². The van der Waals surface area contributed by atoms with Crippen molar-refractivity contribution in [1.82, 2.24) is 25.4 Å². The summed E-state index contributed by atoms with van der Waals surface area (Å²) >= 11 is 1.60. The Bertz CT molecular complexity index is 1380. The number of hydrogen-bond donors (Lipinski definition) is 2. The van der Waals surface area contributed by atoms with Crippen LogP contribution < -0.4 is 10.6 Å². The number of aryl methyl sites for hydroxylation is 1. The van der Waals surface area contributed by atoms with Crippen LogP contribution in [0.15, 0.2) is 29.8 Å². The summed E-state index contributed by atoms with van der Waals surface area (Å²) in [7, 11) is 0. The van der Waals surface area contributed by atoms with E-state index in [1.54, 1.807) is 21.1 Å². The zero-order valence-corrected chi connectivity index (χ0v) is 28.8. The molecule has 4 atom stereocenters. The van der Waals surface area contributed by atoms with Gasteiger partial charge in [0.2, 0.25) is 17.7 Å². The molecule has 1 aromatic carbocycles. The number of carbonyl (C=O) groups excluding carboxylic acids is 4. The van der Waals surface area contributed by atoms with Crippen LogP contribution in [0.4, 0.5) is 4.79 Å². The van der Waals surface area contributed by atoms with E-state index in [4.69, 9.17) is 4.74 Å². The van der Waals surface area contributed by atoms with Gasteiger partial charge in [0.1, 0.15) is 17.7 Å². The fraction of sp³-hybridized carbons (Fsp3) is 0.618. The molecule has 1 aromatic heterocycles. The highest BCUT2D eigenvalue weighted by atomic mass is 32.1. The van der Waals surface area contributed by atoms with Crippen LogP contribution in [0.1, 0.15) is 91.4 Å². The quantitative estimate of drug-likeness (QED) is 0.396. The van der Waals surface area contributed by atoms with Crippen molar-refractivity contribution >= 4 is 35.2 Å². The number of likely N-dealkylation sites (tertiary alicyclic amines) is 2. The maximum Gasteiger partial charge on any atom is 0.410 e. The molecule has 246 valence electrons. The first-order chi connectivity index (χ1) is 21.0. The van der Waals surface area contributed by atoms with E-state index in [9.17, 15) is 19.2 Å². The van der Waals surface area contributed by atoms with E-state index in [1.807, 2.05) is 85.2 Å². The molecular weight excluding hydrogens is 590 g/mol. The van der Waals surface area contributed by atoms with E-state index in [0.717, 1.165) is 21.7 Å². The zero-order valence-electron chi connectivity index (χ0n) is 27.9. The molecule has 4 amide bonds. The van der Waals surface area contributed by atoms with Crippen LogP contribution in [0.25, 0.3) is 10.4 Å². The molecule has 2 fully saturated rings. The Hall–Kier alpha value is -3.47. The van der Waals surface area contributed by atoms with Gasteiger partial charge in [0, 0.05) is 26.1 Å². The molecule has 45 heavy (non-hydrogen) atoms. The molecule has 2 N–H and O–H groups in total. The van der Waals surface area contributed by atoms with Gasteiger partial charge in [-0.05, 0) is 76.3 Å². The minimum absolute atomic E-state index is 0.0138. The fourth-order valence-corrected chi connectivity index (χ4v) is 6.80. The molecule has 2 aliphatic heterocycles. The highest BCUT2D eigenvalue weighted by Gasteiger charge is 2.42. The second kappa shape index (κ2) is 13.9. The molecule has 0 saturated carbocycles. The van der Waals surface area contributed by atoms with Gasteiger partial charge in [-0.25, -0.2) is 9.78 Å². The van der Waals surface area contributed by atoms with Gasteiger partial charge >= 0.3 is 6.09 Å². The predicted molar refractivity (Wildman–Crippen MR) is 175 cm³/mol. The lowest BCUT2D eigenvalue weighted by atomic mass is 9.85. The number of carbonyl (C=O) groups is 4. The Kier molecular flexibility index (Phi) is 10.6. The van der Waals surface area contributed by atoms with Crippen LogP contribution >= 0.6 is 11.3 Å². The Morgan fingerprint density at radius 1 is 1.02 bits per heavy atom. The van der Waals surface area contributed by atoms with Crippen molar-refractivity contribution in [3.63, 3.8) is 0 Å². The van der Waals surface area contributed by atoms with Crippen molar-refractivity contribution in [3.05, 3.63) is 41.0 Å². The molecule has 4 rings (SSSR count). The second-order valence-electron chi connectivity index (χ2n) is 14.5. The van der Waals surface area contributed by atoms with E-state index in [-0.39, 0.29) is 42.2 Å². The van der Waals surface area contributed by atoms with Gasteiger partial charge in [-0.1, -0.05) is 45.0 Å². The Morgan fingerprint density at radius 2 is 1.71 bits per heavy atom. The number of hydrogen-bond acceptors (Lipinski definition) is 7. The Labute approximate surface area is 271 Å². The maximum absolute atomic E-state index is 13.9. The van der Waals surface area contributed by atoms with Crippen LogP contribution in [0.5, 0.6) is 0 Å². The van der Waals surface area contributed by atoms with Crippen LogP contribution in [-0.4, -0.2) is 75.9 Å². The number of aromatic nitrogens is 1. The number of nitrogens with zero attached hydrogens (tertiary/aromatic N) is 3. The first-order valence-corrected chi connectivity index (χ1v) is 16.8. The first kappa shape index (κ1) is 34.4. The van der Waals surface area contributed by atoms with Crippen molar-refractivity contribution in [2.45, 2.75) is 105 Å². The smallest absolute Gasteiger partial charge is 0.410 e. The van der Waals surface area contributed by atoms with Gasteiger partial charge in [-0.2, -0.15) is 0 Å². The normalized spacial score (nSPS) is 20.1. The number of rotatable bonds is 8. The monoisotopic (exact) mass is 639 g/mol.